The van der Waals surface area contributed by atoms with Crippen molar-refractivity contribution in [2.75, 3.05) is 39.3 Å². The number of fused-ring (bicyclic) bond motifs is 6. The van der Waals surface area contributed by atoms with Crippen LogP contribution in [0, 0.1) is 11.8 Å². The molecule has 0 amide bonds. The molecule has 7 heteroatoms. The maximum atomic E-state index is 6.12. The monoisotopic (exact) mass is 502 g/mol. The Kier molecular flexibility index (Phi) is 6.31. The highest BCUT2D eigenvalue weighted by Gasteiger charge is 2.53. The molecular formula is C20H31IN4OS. The highest BCUT2D eigenvalue weighted by atomic mass is 127. The number of nitrogens with zero attached hydrogens (tertiary/aromatic N) is 3. The zero-order valence-corrected chi connectivity index (χ0v) is 19.2. The number of nitrogens with one attached hydrogen (secondary N) is 1. The summed E-state index contributed by atoms with van der Waals surface area (Å²) in [6.07, 6.45) is 4.78. The molecule has 4 aliphatic heterocycles. The summed E-state index contributed by atoms with van der Waals surface area (Å²) in [5.74, 6) is 2.59. The number of thiophene rings is 1. The van der Waals surface area contributed by atoms with Crippen molar-refractivity contribution in [3.63, 3.8) is 0 Å². The van der Waals surface area contributed by atoms with Crippen LogP contribution in [0.15, 0.2) is 16.4 Å². The fourth-order valence-corrected chi connectivity index (χ4v) is 6.24. The second-order valence-corrected chi connectivity index (χ2v) is 9.15. The average Bonchev–Trinajstić information content (AvgIpc) is 3.41. The number of likely N-dealkylation sites (tertiary alicyclic amines) is 1. The van der Waals surface area contributed by atoms with Gasteiger partial charge in [-0.15, -0.1) is 35.3 Å². The Morgan fingerprint density at radius 3 is 2.81 bits per heavy atom. The molecule has 0 saturated carbocycles. The first kappa shape index (κ1) is 19.9. The Hall–Kier alpha value is -0.380. The van der Waals surface area contributed by atoms with Crippen molar-refractivity contribution in [1.82, 2.24) is 15.1 Å². The van der Waals surface area contributed by atoms with E-state index >= 15 is 0 Å². The van der Waals surface area contributed by atoms with Gasteiger partial charge in [0.1, 0.15) is 0 Å². The minimum absolute atomic E-state index is 0. The lowest BCUT2D eigenvalue weighted by atomic mass is 9.82. The summed E-state index contributed by atoms with van der Waals surface area (Å²) in [4.78, 5) is 11.6. The van der Waals surface area contributed by atoms with E-state index in [-0.39, 0.29) is 24.0 Å². The molecule has 0 aliphatic carbocycles. The van der Waals surface area contributed by atoms with Crippen LogP contribution >= 0.6 is 35.3 Å². The lowest BCUT2D eigenvalue weighted by Gasteiger charge is -2.27. The molecule has 1 aromatic heterocycles. The molecule has 5 rings (SSSR count). The first-order chi connectivity index (χ1) is 12.8. The Labute approximate surface area is 183 Å². The summed E-state index contributed by atoms with van der Waals surface area (Å²) in [6.45, 7) is 9.57. The summed E-state index contributed by atoms with van der Waals surface area (Å²) >= 11 is 1.91. The molecule has 1 aromatic rings. The third-order valence-corrected chi connectivity index (χ3v) is 7.67. The van der Waals surface area contributed by atoms with E-state index in [1.54, 1.807) is 4.88 Å². The van der Waals surface area contributed by atoms with Crippen LogP contribution in [0.4, 0.5) is 0 Å². The van der Waals surface area contributed by atoms with Crippen molar-refractivity contribution >= 4 is 41.3 Å². The van der Waals surface area contributed by atoms with Gasteiger partial charge in [-0.3, -0.25) is 9.89 Å². The van der Waals surface area contributed by atoms with Crippen molar-refractivity contribution in [1.29, 1.82) is 0 Å². The fraction of sp³-hybridized carbons (Fsp3) is 0.750. The minimum atomic E-state index is 0. The zero-order chi connectivity index (χ0) is 17.5. The second kappa shape index (κ2) is 8.55. The summed E-state index contributed by atoms with van der Waals surface area (Å²) in [5, 5.41) is 5.76. The van der Waals surface area contributed by atoms with Crippen LogP contribution < -0.4 is 5.32 Å². The van der Waals surface area contributed by atoms with E-state index in [9.17, 15) is 0 Å². The average molecular weight is 502 g/mol. The highest BCUT2D eigenvalue weighted by molar-refractivity contribution is 14.0. The van der Waals surface area contributed by atoms with Gasteiger partial charge in [0.25, 0.3) is 0 Å². The molecule has 27 heavy (non-hydrogen) atoms. The summed E-state index contributed by atoms with van der Waals surface area (Å²) < 4.78 is 6.12. The third kappa shape index (κ3) is 3.89. The Morgan fingerprint density at radius 1 is 1.30 bits per heavy atom. The van der Waals surface area contributed by atoms with Gasteiger partial charge in [-0.2, -0.15) is 0 Å². The van der Waals surface area contributed by atoms with E-state index in [1.165, 1.54) is 31.4 Å². The van der Waals surface area contributed by atoms with Crippen LogP contribution in [0.1, 0.15) is 30.2 Å². The van der Waals surface area contributed by atoms with E-state index in [0.29, 0.717) is 12.2 Å². The van der Waals surface area contributed by atoms with Gasteiger partial charge < -0.3 is 15.0 Å². The lowest BCUT2D eigenvalue weighted by molar-refractivity contribution is 0.0767. The van der Waals surface area contributed by atoms with Crippen LogP contribution in [0.3, 0.4) is 0 Å². The molecule has 3 fully saturated rings. The number of hydrogen-bond donors (Lipinski definition) is 1. The predicted molar refractivity (Wildman–Crippen MR) is 121 cm³/mol. The van der Waals surface area contributed by atoms with Crippen molar-refractivity contribution in [2.24, 2.45) is 16.8 Å². The maximum Gasteiger partial charge on any atom is 0.193 e. The van der Waals surface area contributed by atoms with Crippen molar-refractivity contribution in [3.8, 4) is 0 Å². The van der Waals surface area contributed by atoms with Gasteiger partial charge in [-0.1, -0.05) is 0 Å². The Morgan fingerprint density at radius 2 is 2.07 bits per heavy atom. The first-order valence-electron chi connectivity index (χ1n) is 10.3. The molecule has 4 aliphatic rings. The van der Waals surface area contributed by atoms with Crippen LogP contribution in [-0.2, 0) is 17.7 Å². The normalized spacial score (nSPS) is 32.3. The van der Waals surface area contributed by atoms with Gasteiger partial charge in [0.2, 0.25) is 0 Å². The van der Waals surface area contributed by atoms with Crippen LogP contribution in [-0.4, -0.2) is 67.2 Å². The highest BCUT2D eigenvalue weighted by Crippen LogP contribution is 2.47. The topological polar surface area (TPSA) is 40.1 Å². The number of guanidine groups is 1. The first-order valence-corrected chi connectivity index (χ1v) is 11.2. The Bertz CT molecular complexity index is 663. The molecule has 5 heterocycles. The van der Waals surface area contributed by atoms with Gasteiger partial charge in [0, 0.05) is 56.0 Å². The molecule has 2 bridgehead atoms. The number of halogens is 1. The zero-order valence-electron chi connectivity index (χ0n) is 16.1. The predicted octanol–water partition coefficient (Wildman–Crippen LogP) is 2.80. The van der Waals surface area contributed by atoms with Crippen LogP contribution in [0.2, 0.25) is 0 Å². The van der Waals surface area contributed by atoms with Crippen LogP contribution in [0.25, 0.3) is 0 Å². The second-order valence-electron chi connectivity index (χ2n) is 8.15. The van der Waals surface area contributed by atoms with Crippen LogP contribution in [0.5, 0.6) is 0 Å². The molecule has 4 atom stereocenters. The van der Waals surface area contributed by atoms with Gasteiger partial charge in [-0.05, 0) is 43.2 Å². The molecule has 0 radical (unpaired) electrons. The fourth-order valence-electron chi connectivity index (χ4n) is 5.35. The summed E-state index contributed by atoms with van der Waals surface area (Å²) in [6, 6.07) is 2.29. The molecule has 3 saturated heterocycles. The van der Waals surface area contributed by atoms with Gasteiger partial charge >= 0.3 is 0 Å². The van der Waals surface area contributed by atoms with E-state index in [2.05, 4.69) is 33.5 Å². The minimum Gasteiger partial charge on any atom is -0.374 e. The Balaban J connectivity index is 0.00000180. The maximum absolute atomic E-state index is 6.12. The lowest BCUT2D eigenvalue weighted by Crippen LogP contribution is -2.42. The van der Waals surface area contributed by atoms with E-state index < -0.39 is 0 Å². The number of aliphatic imine (C=N–C) groups is 1. The van der Waals surface area contributed by atoms with Gasteiger partial charge in [0.05, 0.1) is 18.8 Å². The van der Waals surface area contributed by atoms with Gasteiger partial charge in [0.15, 0.2) is 5.96 Å². The number of hydrogen-bond acceptors (Lipinski definition) is 4. The molecule has 0 spiro atoms. The largest absolute Gasteiger partial charge is 0.374 e. The van der Waals surface area contributed by atoms with Gasteiger partial charge in [-0.25, -0.2) is 0 Å². The van der Waals surface area contributed by atoms with E-state index in [0.717, 1.165) is 57.1 Å². The summed E-state index contributed by atoms with van der Waals surface area (Å²) in [5.41, 5.74) is 1.53. The van der Waals surface area contributed by atoms with Crippen molar-refractivity contribution in [3.05, 3.63) is 21.9 Å². The number of rotatable bonds is 4. The number of ether oxygens (including phenoxy) is 1. The SMILES string of the molecule is CCNC(=NCCN1CCc2sccc2C1)N1CC2C3CCC(O3)C2C1.I. The standard InChI is InChI=1S/C20H30N4OS.HI/c1-2-21-20(24-12-15-16(13-24)18-4-3-17(15)25-18)22-7-9-23-8-5-19-14(11-23)6-10-26-19;/h6,10,15-18H,2-5,7-9,11-13H2,1H3,(H,21,22);1H. The third-order valence-electron chi connectivity index (χ3n) is 6.65. The molecule has 1 N–H and O–H groups in total. The van der Waals surface area contributed by atoms with Crippen molar-refractivity contribution in [2.45, 2.75) is 44.9 Å². The molecule has 150 valence electrons. The van der Waals surface area contributed by atoms with Crippen molar-refractivity contribution < 1.29 is 4.74 Å². The quantitative estimate of drug-likeness (QED) is 0.391. The molecule has 4 unspecified atom stereocenters. The van der Waals surface area contributed by atoms with E-state index in [1.807, 2.05) is 11.3 Å². The summed E-state index contributed by atoms with van der Waals surface area (Å²) in [7, 11) is 0. The smallest absolute Gasteiger partial charge is 0.193 e. The molecular weight excluding hydrogens is 471 g/mol. The molecule has 5 nitrogen and oxygen atoms in total. The molecule has 0 aromatic carbocycles. The van der Waals surface area contributed by atoms with E-state index in [4.69, 9.17) is 9.73 Å².